The van der Waals surface area contributed by atoms with Crippen LogP contribution in [0.25, 0.3) is 0 Å². The molecule has 0 fully saturated rings. The van der Waals surface area contributed by atoms with Crippen molar-refractivity contribution in [2.75, 3.05) is 6.61 Å². The lowest BCUT2D eigenvalue weighted by molar-refractivity contribution is 0.274. The molecule has 1 heteroatoms. The molecule has 0 radical (unpaired) electrons. The summed E-state index contributed by atoms with van der Waals surface area (Å²) in [6.07, 6.45) is 6.27. The van der Waals surface area contributed by atoms with E-state index in [1.165, 1.54) is 0 Å². The van der Waals surface area contributed by atoms with Crippen LogP contribution in [0.2, 0.25) is 0 Å². The van der Waals surface area contributed by atoms with Gasteiger partial charge in [0.2, 0.25) is 0 Å². The van der Waals surface area contributed by atoms with Crippen LogP contribution in [0.15, 0.2) is 12.2 Å². The van der Waals surface area contributed by atoms with Crippen LogP contribution in [-0.2, 0) is 0 Å². The first kappa shape index (κ1) is 8.70. The van der Waals surface area contributed by atoms with Crippen LogP contribution in [0.5, 0.6) is 0 Å². The quantitative estimate of drug-likeness (QED) is 0.574. The first-order valence-corrected chi connectivity index (χ1v) is 3.58. The van der Waals surface area contributed by atoms with Gasteiger partial charge in [-0.25, -0.2) is 0 Å². The number of rotatable bonds is 4. The standard InChI is InChI=1S/C8H16O/c1-3-4-5-8(2)6-7-9/h4-5,8-9H,3,6-7H2,1-2H3/b5-4-. The third kappa shape index (κ3) is 5.57. The van der Waals surface area contributed by atoms with Crippen molar-refractivity contribution in [1.29, 1.82) is 0 Å². The van der Waals surface area contributed by atoms with Crippen molar-refractivity contribution in [2.24, 2.45) is 5.92 Å². The second kappa shape index (κ2) is 5.83. The Morgan fingerprint density at radius 3 is 2.67 bits per heavy atom. The molecule has 1 atom stereocenters. The summed E-state index contributed by atoms with van der Waals surface area (Å²) >= 11 is 0. The van der Waals surface area contributed by atoms with E-state index in [1.54, 1.807) is 0 Å². The molecular weight excluding hydrogens is 112 g/mol. The fourth-order valence-electron chi connectivity index (χ4n) is 0.668. The summed E-state index contributed by atoms with van der Waals surface area (Å²) in [5.74, 6) is 0.537. The minimum Gasteiger partial charge on any atom is -0.396 e. The fraction of sp³-hybridized carbons (Fsp3) is 0.750. The van der Waals surface area contributed by atoms with Crippen LogP contribution >= 0.6 is 0 Å². The Morgan fingerprint density at radius 2 is 2.22 bits per heavy atom. The Kier molecular flexibility index (Phi) is 5.64. The zero-order valence-electron chi connectivity index (χ0n) is 6.30. The van der Waals surface area contributed by atoms with Gasteiger partial charge in [-0.15, -0.1) is 0 Å². The van der Waals surface area contributed by atoms with Gasteiger partial charge in [0.1, 0.15) is 0 Å². The van der Waals surface area contributed by atoms with Gasteiger partial charge < -0.3 is 5.11 Å². The van der Waals surface area contributed by atoms with Crippen LogP contribution < -0.4 is 0 Å². The highest BCUT2D eigenvalue weighted by molar-refractivity contribution is 4.84. The van der Waals surface area contributed by atoms with E-state index in [1.807, 2.05) is 0 Å². The average molecular weight is 128 g/mol. The molecule has 0 rings (SSSR count). The minimum atomic E-state index is 0.301. The highest BCUT2D eigenvalue weighted by atomic mass is 16.2. The van der Waals surface area contributed by atoms with Crippen LogP contribution in [0.1, 0.15) is 26.7 Å². The highest BCUT2D eigenvalue weighted by Gasteiger charge is 1.92. The second-order valence-electron chi connectivity index (χ2n) is 2.33. The lowest BCUT2D eigenvalue weighted by atomic mass is 10.1. The molecule has 1 N–H and O–H groups in total. The van der Waals surface area contributed by atoms with Gasteiger partial charge in [-0.05, 0) is 18.8 Å². The topological polar surface area (TPSA) is 20.2 Å². The number of hydrogen-bond donors (Lipinski definition) is 1. The normalized spacial score (nSPS) is 14.6. The molecule has 0 spiro atoms. The average Bonchev–Trinajstić information content (AvgIpc) is 1.85. The number of aliphatic hydroxyl groups excluding tert-OH is 1. The first-order valence-electron chi connectivity index (χ1n) is 3.58. The van der Waals surface area contributed by atoms with Crippen LogP contribution in [0.4, 0.5) is 0 Å². The van der Waals surface area contributed by atoms with Gasteiger partial charge >= 0.3 is 0 Å². The molecule has 54 valence electrons. The Balaban J connectivity index is 3.25. The van der Waals surface area contributed by atoms with Crippen molar-refractivity contribution >= 4 is 0 Å². The SMILES string of the molecule is CC/C=C\C(C)CCO. The molecule has 0 amide bonds. The lowest BCUT2D eigenvalue weighted by Crippen LogP contribution is -1.92. The molecule has 9 heavy (non-hydrogen) atoms. The van der Waals surface area contributed by atoms with Crippen LogP contribution in [-0.4, -0.2) is 11.7 Å². The summed E-state index contributed by atoms with van der Waals surface area (Å²) in [4.78, 5) is 0. The monoisotopic (exact) mass is 128 g/mol. The van der Waals surface area contributed by atoms with Gasteiger partial charge in [0.05, 0.1) is 0 Å². The van der Waals surface area contributed by atoms with Gasteiger partial charge in [0, 0.05) is 6.61 Å². The molecule has 0 aromatic carbocycles. The fourth-order valence-corrected chi connectivity index (χ4v) is 0.668. The maximum Gasteiger partial charge on any atom is 0.0436 e. The molecule has 0 heterocycles. The van der Waals surface area contributed by atoms with Gasteiger partial charge in [-0.1, -0.05) is 26.0 Å². The third-order valence-corrected chi connectivity index (χ3v) is 1.28. The third-order valence-electron chi connectivity index (χ3n) is 1.28. The molecular formula is C8H16O. The largest absolute Gasteiger partial charge is 0.396 e. The predicted molar refractivity (Wildman–Crippen MR) is 40.3 cm³/mol. The summed E-state index contributed by atoms with van der Waals surface area (Å²) in [5.41, 5.74) is 0. The maximum absolute atomic E-state index is 8.50. The van der Waals surface area contributed by atoms with Gasteiger partial charge in [-0.3, -0.25) is 0 Å². The molecule has 0 saturated heterocycles. The Bertz CT molecular complexity index is 76.6. The molecule has 0 saturated carbocycles. The van der Waals surface area contributed by atoms with E-state index >= 15 is 0 Å². The zero-order chi connectivity index (χ0) is 7.11. The van der Waals surface area contributed by atoms with Crippen molar-refractivity contribution in [1.82, 2.24) is 0 Å². The Hall–Kier alpha value is -0.300. The van der Waals surface area contributed by atoms with E-state index in [2.05, 4.69) is 26.0 Å². The summed E-state index contributed by atoms with van der Waals surface area (Å²) in [7, 11) is 0. The van der Waals surface area contributed by atoms with Crippen LogP contribution in [0, 0.1) is 5.92 Å². The Morgan fingerprint density at radius 1 is 1.56 bits per heavy atom. The van der Waals surface area contributed by atoms with Crippen molar-refractivity contribution in [2.45, 2.75) is 26.7 Å². The molecule has 0 bridgehead atoms. The summed E-state index contributed by atoms with van der Waals surface area (Å²) in [5, 5.41) is 8.50. The number of hydrogen-bond acceptors (Lipinski definition) is 1. The highest BCUT2D eigenvalue weighted by Crippen LogP contribution is 2.02. The van der Waals surface area contributed by atoms with Crippen molar-refractivity contribution in [3.05, 3.63) is 12.2 Å². The molecule has 0 aliphatic heterocycles. The first-order chi connectivity index (χ1) is 4.31. The molecule has 0 aliphatic carbocycles. The second-order valence-corrected chi connectivity index (χ2v) is 2.33. The molecule has 1 nitrogen and oxygen atoms in total. The van der Waals surface area contributed by atoms with E-state index in [0.29, 0.717) is 12.5 Å². The summed E-state index contributed by atoms with van der Waals surface area (Å²) in [6.45, 7) is 4.53. The molecule has 0 aromatic heterocycles. The van der Waals surface area contributed by atoms with Crippen LogP contribution in [0.3, 0.4) is 0 Å². The lowest BCUT2D eigenvalue weighted by Gasteiger charge is -2.00. The van der Waals surface area contributed by atoms with E-state index < -0.39 is 0 Å². The van der Waals surface area contributed by atoms with Crippen molar-refractivity contribution < 1.29 is 5.11 Å². The molecule has 1 unspecified atom stereocenters. The predicted octanol–water partition coefficient (Wildman–Crippen LogP) is 1.97. The molecule has 0 aromatic rings. The van der Waals surface area contributed by atoms with E-state index in [9.17, 15) is 0 Å². The van der Waals surface area contributed by atoms with Gasteiger partial charge in [-0.2, -0.15) is 0 Å². The molecule has 0 aliphatic rings. The van der Waals surface area contributed by atoms with E-state index in [0.717, 1.165) is 12.8 Å². The Labute approximate surface area is 57.4 Å². The minimum absolute atomic E-state index is 0.301. The van der Waals surface area contributed by atoms with Crippen molar-refractivity contribution in [3.8, 4) is 0 Å². The number of aliphatic hydroxyl groups is 1. The smallest absolute Gasteiger partial charge is 0.0436 e. The zero-order valence-corrected chi connectivity index (χ0v) is 6.30. The maximum atomic E-state index is 8.50. The number of allylic oxidation sites excluding steroid dienone is 2. The van der Waals surface area contributed by atoms with E-state index in [-0.39, 0.29) is 0 Å². The van der Waals surface area contributed by atoms with Gasteiger partial charge in [0.15, 0.2) is 0 Å². The van der Waals surface area contributed by atoms with Crippen molar-refractivity contribution in [3.63, 3.8) is 0 Å². The van der Waals surface area contributed by atoms with Gasteiger partial charge in [0.25, 0.3) is 0 Å². The van der Waals surface area contributed by atoms with E-state index in [4.69, 9.17) is 5.11 Å². The summed E-state index contributed by atoms with van der Waals surface area (Å²) in [6, 6.07) is 0. The summed E-state index contributed by atoms with van der Waals surface area (Å²) < 4.78 is 0.